The highest BCUT2D eigenvalue weighted by Crippen LogP contribution is 2.31. The molecular formula is C13H13F3N2O2. The molecule has 0 radical (unpaired) electrons. The first-order valence-corrected chi connectivity index (χ1v) is 6.06. The smallest absolute Gasteiger partial charge is 0.416 e. The lowest BCUT2D eigenvalue weighted by molar-refractivity contribution is -0.144. The Morgan fingerprint density at radius 1 is 1.45 bits per heavy atom. The highest BCUT2D eigenvalue weighted by atomic mass is 19.4. The molecule has 0 saturated carbocycles. The molecule has 108 valence electrons. The normalized spacial score (nSPS) is 13.4. The molecule has 1 unspecified atom stereocenters. The van der Waals surface area contributed by atoms with Crippen LogP contribution in [0.15, 0.2) is 18.2 Å². The summed E-state index contributed by atoms with van der Waals surface area (Å²) in [6.07, 6.45) is -4.41. The van der Waals surface area contributed by atoms with Crippen molar-refractivity contribution in [3.8, 4) is 0 Å². The van der Waals surface area contributed by atoms with Gasteiger partial charge in [0, 0.05) is 0 Å². The summed E-state index contributed by atoms with van der Waals surface area (Å²) in [7, 11) is 0. The number of esters is 1. The number of ether oxygens (including phenoxy) is 1. The van der Waals surface area contributed by atoms with Gasteiger partial charge in [-0.3, -0.25) is 4.79 Å². The summed E-state index contributed by atoms with van der Waals surface area (Å²) < 4.78 is 42.7. The van der Waals surface area contributed by atoms with Crippen LogP contribution in [0, 0.1) is 0 Å². The van der Waals surface area contributed by atoms with E-state index in [2.05, 4.69) is 9.97 Å². The highest BCUT2D eigenvalue weighted by Gasteiger charge is 2.31. The van der Waals surface area contributed by atoms with E-state index < -0.39 is 23.6 Å². The van der Waals surface area contributed by atoms with Crippen LogP contribution in [-0.2, 0) is 15.7 Å². The van der Waals surface area contributed by atoms with E-state index in [1.165, 1.54) is 6.07 Å². The van der Waals surface area contributed by atoms with E-state index in [0.29, 0.717) is 5.52 Å². The van der Waals surface area contributed by atoms with Crippen LogP contribution in [0.3, 0.4) is 0 Å². The number of fused-ring (bicyclic) bond motifs is 1. The molecule has 1 aromatic carbocycles. The van der Waals surface area contributed by atoms with Crippen LogP contribution in [0.5, 0.6) is 0 Å². The van der Waals surface area contributed by atoms with Crippen molar-refractivity contribution in [3.63, 3.8) is 0 Å². The molecule has 0 saturated heterocycles. The zero-order valence-electron chi connectivity index (χ0n) is 10.9. The van der Waals surface area contributed by atoms with Crippen LogP contribution in [-0.4, -0.2) is 22.5 Å². The summed E-state index contributed by atoms with van der Waals surface area (Å²) >= 11 is 0. The van der Waals surface area contributed by atoms with Crippen LogP contribution in [0.4, 0.5) is 13.2 Å². The minimum atomic E-state index is -4.41. The summed E-state index contributed by atoms with van der Waals surface area (Å²) in [4.78, 5) is 18.4. The number of nitrogens with zero attached hydrogens (tertiary/aromatic N) is 1. The molecule has 1 aromatic heterocycles. The zero-order valence-corrected chi connectivity index (χ0v) is 10.9. The van der Waals surface area contributed by atoms with Gasteiger partial charge in [-0.15, -0.1) is 0 Å². The third-order valence-electron chi connectivity index (χ3n) is 2.88. The summed E-state index contributed by atoms with van der Waals surface area (Å²) in [6.45, 7) is 3.50. The fraction of sp³-hybridized carbons (Fsp3) is 0.385. The SMILES string of the molecule is CCOC(=O)C(C)c1nc2ccc(C(F)(F)F)cc2[nH]1. The number of rotatable bonds is 3. The van der Waals surface area contributed by atoms with Crippen molar-refractivity contribution in [2.75, 3.05) is 6.61 Å². The monoisotopic (exact) mass is 286 g/mol. The van der Waals surface area contributed by atoms with E-state index in [9.17, 15) is 18.0 Å². The Morgan fingerprint density at radius 2 is 2.15 bits per heavy atom. The molecule has 1 N–H and O–H groups in total. The lowest BCUT2D eigenvalue weighted by Gasteiger charge is -2.06. The van der Waals surface area contributed by atoms with Crippen LogP contribution in [0.2, 0.25) is 0 Å². The Hall–Kier alpha value is -2.05. The minimum absolute atomic E-state index is 0.238. The van der Waals surface area contributed by atoms with E-state index in [-0.39, 0.29) is 17.9 Å². The fourth-order valence-corrected chi connectivity index (χ4v) is 1.79. The minimum Gasteiger partial charge on any atom is -0.465 e. The number of imidazole rings is 1. The molecule has 0 aliphatic heterocycles. The fourth-order valence-electron chi connectivity index (χ4n) is 1.79. The van der Waals surface area contributed by atoms with Gasteiger partial charge in [-0.1, -0.05) is 0 Å². The number of nitrogens with one attached hydrogen (secondary N) is 1. The number of benzene rings is 1. The maximum Gasteiger partial charge on any atom is 0.416 e. The van der Waals surface area contributed by atoms with Crippen molar-refractivity contribution in [1.29, 1.82) is 0 Å². The number of aromatic nitrogens is 2. The third kappa shape index (κ3) is 2.76. The number of halogens is 3. The maximum absolute atomic E-state index is 12.6. The van der Waals surface area contributed by atoms with Crippen molar-refractivity contribution in [2.45, 2.75) is 25.9 Å². The van der Waals surface area contributed by atoms with E-state index in [0.717, 1.165) is 12.1 Å². The molecule has 20 heavy (non-hydrogen) atoms. The molecule has 0 fully saturated rings. The Bertz CT molecular complexity index is 634. The van der Waals surface area contributed by atoms with Gasteiger partial charge in [0.1, 0.15) is 11.7 Å². The zero-order chi connectivity index (χ0) is 14.9. The lowest BCUT2D eigenvalue weighted by Crippen LogP contribution is -2.14. The van der Waals surface area contributed by atoms with Crippen molar-refractivity contribution in [1.82, 2.24) is 9.97 Å². The molecule has 2 rings (SSSR count). The maximum atomic E-state index is 12.6. The quantitative estimate of drug-likeness (QED) is 0.881. The second kappa shape index (κ2) is 5.15. The van der Waals surface area contributed by atoms with Crippen molar-refractivity contribution >= 4 is 17.0 Å². The van der Waals surface area contributed by atoms with Gasteiger partial charge >= 0.3 is 12.1 Å². The third-order valence-corrected chi connectivity index (χ3v) is 2.88. The molecule has 7 heteroatoms. The van der Waals surface area contributed by atoms with Crippen LogP contribution < -0.4 is 0 Å². The van der Waals surface area contributed by atoms with Gasteiger partial charge in [0.25, 0.3) is 0 Å². The highest BCUT2D eigenvalue weighted by molar-refractivity contribution is 5.80. The van der Waals surface area contributed by atoms with Gasteiger partial charge in [0.05, 0.1) is 23.2 Å². The summed E-state index contributed by atoms with van der Waals surface area (Å²) in [5.74, 6) is -0.836. The molecule has 2 aromatic rings. The van der Waals surface area contributed by atoms with Crippen molar-refractivity contribution in [2.24, 2.45) is 0 Å². The number of hydrogen-bond acceptors (Lipinski definition) is 3. The lowest BCUT2D eigenvalue weighted by atomic mass is 10.2. The number of carbonyl (C=O) groups excluding carboxylic acids is 1. The molecule has 1 heterocycles. The van der Waals surface area contributed by atoms with Crippen LogP contribution in [0.25, 0.3) is 11.0 Å². The van der Waals surface area contributed by atoms with Crippen molar-refractivity contribution in [3.05, 3.63) is 29.6 Å². The van der Waals surface area contributed by atoms with Crippen LogP contribution >= 0.6 is 0 Å². The Morgan fingerprint density at radius 3 is 2.75 bits per heavy atom. The van der Waals surface area contributed by atoms with Gasteiger partial charge in [0.2, 0.25) is 0 Å². The van der Waals surface area contributed by atoms with Crippen LogP contribution in [0.1, 0.15) is 31.2 Å². The summed E-state index contributed by atoms with van der Waals surface area (Å²) in [5, 5.41) is 0. The predicted molar refractivity (Wildman–Crippen MR) is 66.1 cm³/mol. The first-order valence-electron chi connectivity index (χ1n) is 6.06. The molecular weight excluding hydrogens is 273 g/mol. The molecule has 0 spiro atoms. The molecule has 4 nitrogen and oxygen atoms in total. The molecule has 0 aliphatic rings. The predicted octanol–water partition coefficient (Wildman–Crippen LogP) is 3.25. The second-order valence-electron chi connectivity index (χ2n) is 4.33. The standard InChI is InChI=1S/C13H13F3N2O2/c1-3-20-12(19)7(2)11-17-9-5-4-8(13(14,15)16)6-10(9)18-11/h4-7H,3H2,1-2H3,(H,17,18). The summed E-state index contributed by atoms with van der Waals surface area (Å²) in [6, 6.07) is 3.21. The first kappa shape index (κ1) is 14.4. The van der Waals surface area contributed by atoms with E-state index in [1.807, 2.05) is 0 Å². The first-order chi connectivity index (χ1) is 9.32. The van der Waals surface area contributed by atoms with E-state index in [4.69, 9.17) is 4.74 Å². The Labute approximate surface area is 113 Å². The van der Waals surface area contributed by atoms with Gasteiger partial charge in [-0.2, -0.15) is 13.2 Å². The van der Waals surface area contributed by atoms with E-state index >= 15 is 0 Å². The molecule has 0 bridgehead atoms. The molecule has 1 atom stereocenters. The molecule has 0 amide bonds. The number of alkyl halides is 3. The Kier molecular flexibility index (Phi) is 3.69. The summed E-state index contributed by atoms with van der Waals surface area (Å²) in [5.41, 5.74) is -0.140. The van der Waals surface area contributed by atoms with Gasteiger partial charge in [-0.25, -0.2) is 4.98 Å². The second-order valence-corrected chi connectivity index (χ2v) is 4.33. The molecule has 0 aliphatic carbocycles. The number of aromatic amines is 1. The largest absolute Gasteiger partial charge is 0.465 e. The van der Waals surface area contributed by atoms with Gasteiger partial charge in [0.15, 0.2) is 0 Å². The number of H-pyrrole nitrogens is 1. The van der Waals surface area contributed by atoms with Crippen molar-refractivity contribution < 1.29 is 22.7 Å². The number of hydrogen-bond donors (Lipinski definition) is 1. The van der Waals surface area contributed by atoms with E-state index in [1.54, 1.807) is 13.8 Å². The topological polar surface area (TPSA) is 55.0 Å². The van der Waals surface area contributed by atoms with Gasteiger partial charge in [-0.05, 0) is 32.0 Å². The number of carbonyl (C=O) groups is 1. The Balaban J connectivity index is 2.36. The van der Waals surface area contributed by atoms with Gasteiger partial charge < -0.3 is 9.72 Å². The average Bonchev–Trinajstić information content (AvgIpc) is 2.79. The average molecular weight is 286 g/mol.